The van der Waals surface area contributed by atoms with Gasteiger partial charge in [-0.15, -0.1) is 16.4 Å². The number of carbonyl (C=O) groups excluding carboxylic acids is 1. The van der Waals surface area contributed by atoms with Gasteiger partial charge < -0.3 is 0 Å². The fourth-order valence-corrected chi connectivity index (χ4v) is 3.13. The molecular weight excluding hydrogens is 324 g/mol. The molecule has 2 aromatic heterocycles. The van der Waals surface area contributed by atoms with Crippen molar-refractivity contribution in [2.75, 3.05) is 4.90 Å². The first-order valence-electron chi connectivity index (χ1n) is 7.18. The van der Waals surface area contributed by atoms with Crippen LogP contribution in [-0.2, 0) is 11.3 Å². The topological polar surface area (TPSA) is 87.7 Å². The molecule has 0 aliphatic rings. The van der Waals surface area contributed by atoms with Crippen LogP contribution in [0.5, 0.6) is 0 Å². The van der Waals surface area contributed by atoms with Gasteiger partial charge in [0.2, 0.25) is 5.91 Å². The number of nitriles is 1. The van der Waals surface area contributed by atoms with Gasteiger partial charge in [-0.25, -0.2) is 14.6 Å². The van der Waals surface area contributed by atoms with Gasteiger partial charge in [0, 0.05) is 12.3 Å². The van der Waals surface area contributed by atoms with E-state index in [1.165, 1.54) is 24.6 Å². The minimum Gasteiger partial charge on any atom is -0.274 e. The van der Waals surface area contributed by atoms with Gasteiger partial charge in [-0.1, -0.05) is 12.1 Å². The third-order valence-corrected chi connectivity index (χ3v) is 4.14. The maximum atomic E-state index is 12.1. The van der Waals surface area contributed by atoms with Crippen molar-refractivity contribution in [3.63, 3.8) is 0 Å². The van der Waals surface area contributed by atoms with Crippen LogP contribution in [0.1, 0.15) is 24.0 Å². The summed E-state index contributed by atoms with van der Waals surface area (Å²) in [7, 11) is 0. The Morgan fingerprint density at radius 2 is 2.29 bits per heavy atom. The average molecular weight is 338 g/mol. The van der Waals surface area contributed by atoms with E-state index in [-0.39, 0.29) is 11.7 Å². The molecule has 0 N–H and O–H groups in total. The molecule has 2 heterocycles. The molecule has 0 aliphatic heterocycles. The summed E-state index contributed by atoms with van der Waals surface area (Å²) in [6.07, 6.45) is 1.49. The van der Waals surface area contributed by atoms with Crippen molar-refractivity contribution in [1.29, 1.82) is 5.26 Å². The van der Waals surface area contributed by atoms with Crippen LogP contribution in [0.25, 0.3) is 0 Å². The van der Waals surface area contributed by atoms with Gasteiger partial charge in [0.15, 0.2) is 5.13 Å². The van der Waals surface area contributed by atoms with E-state index < -0.39 is 0 Å². The summed E-state index contributed by atoms with van der Waals surface area (Å²) in [6, 6.07) is 9.60. The van der Waals surface area contributed by atoms with Gasteiger partial charge in [0.25, 0.3) is 5.82 Å². The first-order chi connectivity index (χ1) is 11.6. The Hall–Kier alpha value is -3.05. The molecule has 3 rings (SSSR count). The maximum absolute atomic E-state index is 12.1. The van der Waals surface area contributed by atoms with E-state index in [1.807, 2.05) is 42.6 Å². The number of thiazole rings is 1. The monoisotopic (exact) mass is 338 g/mol. The van der Waals surface area contributed by atoms with E-state index in [9.17, 15) is 4.79 Å². The number of anilines is 2. The molecule has 0 fully saturated rings. The largest absolute Gasteiger partial charge is 0.274 e. The van der Waals surface area contributed by atoms with Crippen molar-refractivity contribution in [2.24, 2.45) is 0 Å². The number of benzene rings is 1. The highest BCUT2D eigenvalue weighted by Crippen LogP contribution is 2.29. The molecule has 1 amide bonds. The number of rotatable bonds is 4. The second-order valence-corrected chi connectivity index (χ2v) is 6.03. The summed E-state index contributed by atoms with van der Waals surface area (Å²) in [5.74, 6) is 0.0181. The van der Waals surface area contributed by atoms with Crippen LogP contribution >= 0.6 is 11.3 Å². The summed E-state index contributed by atoms with van der Waals surface area (Å²) < 4.78 is 1.54. The molecular formula is C16H14N6OS. The van der Waals surface area contributed by atoms with Crippen molar-refractivity contribution in [3.8, 4) is 6.07 Å². The maximum Gasteiger partial charge on any atom is 0.252 e. The minimum atomic E-state index is -0.103. The molecule has 0 saturated carbocycles. The molecule has 0 bridgehead atoms. The first kappa shape index (κ1) is 15.8. The second-order valence-electron chi connectivity index (χ2n) is 5.19. The van der Waals surface area contributed by atoms with Crippen molar-refractivity contribution >= 4 is 28.1 Å². The van der Waals surface area contributed by atoms with E-state index in [2.05, 4.69) is 15.1 Å². The Balaban J connectivity index is 1.87. The Morgan fingerprint density at radius 3 is 2.96 bits per heavy atom. The van der Waals surface area contributed by atoms with E-state index >= 15 is 0 Å². The van der Waals surface area contributed by atoms with Gasteiger partial charge in [0.1, 0.15) is 12.4 Å². The molecule has 7 nitrogen and oxygen atoms in total. The molecule has 120 valence electrons. The average Bonchev–Trinajstić information content (AvgIpc) is 3.17. The number of aromatic nitrogens is 4. The van der Waals surface area contributed by atoms with Crippen LogP contribution in [0.2, 0.25) is 0 Å². The highest BCUT2D eigenvalue weighted by molar-refractivity contribution is 7.14. The number of hydrogen-bond donors (Lipinski definition) is 0. The van der Waals surface area contributed by atoms with Crippen LogP contribution in [-0.4, -0.2) is 25.7 Å². The lowest BCUT2D eigenvalue weighted by Crippen LogP contribution is -2.22. The van der Waals surface area contributed by atoms with Gasteiger partial charge in [-0.3, -0.25) is 9.69 Å². The molecule has 0 atom stereocenters. The van der Waals surface area contributed by atoms with Gasteiger partial charge in [-0.05, 0) is 24.6 Å². The molecule has 3 aromatic rings. The lowest BCUT2D eigenvalue weighted by Gasteiger charge is -2.18. The molecule has 0 radical (unpaired) electrons. The third-order valence-electron chi connectivity index (χ3n) is 3.27. The SMILES string of the molecule is CC(=O)N(c1cccc(C)c1)c1nc(Cn2cnc(C#N)n2)cs1. The summed E-state index contributed by atoms with van der Waals surface area (Å²) in [6.45, 7) is 3.89. The smallest absolute Gasteiger partial charge is 0.252 e. The van der Waals surface area contributed by atoms with Crippen LogP contribution < -0.4 is 4.90 Å². The van der Waals surface area contributed by atoms with E-state index in [0.717, 1.165) is 16.9 Å². The molecule has 0 saturated heterocycles. The normalized spacial score (nSPS) is 10.4. The second kappa shape index (κ2) is 6.60. The van der Waals surface area contributed by atoms with Crippen molar-refractivity contribution in [1.82, 2.24) is 19.7 Å². The number of carbonyl (C=O) groups is 1. The lowest BCUT2D eigenvalue weighted by molar-refractivity contribution is -0.115. The standard InChI is InChI=1S/C16H14N6OS/c1-11-4-3-5-14(6-11)22(12(2)23)16-19-13(9-24-16)8-21-10-18-15(7-17)20-21/h3-6,9-10H,8H2,1-2H3. The van der Waals surface area contributed by atoms with Crippen molar-refractivity contribution < 1.29 is 4.79 Å². The fourth-order valence-electron chi connectivity index (χ4n) is 2.25. The zero-order valence-corrected chi connectivity index (χ0v) is 14.0. The minimum absolute atomic E-state index is 0.103. The highest BCUT2D eigenvalue weighted by atomic mass is 32.1. The van der Waals surface area contributed by atoms with Gasteiger partial charge >= 0.3 is 0 Å². The Morgan fingerprint density at radius 1 is 1.46 bits per heavy atom. The number of aryl methyl sites for hydroxylation is 1. The molecule has 24 heavy (non-hydrogen) atoms. The van der Waals surface area contributed by atoms with E-state index in [1.54, 1.807) is 9.58 Å². The van der Waals surface area contributed by atoms with Gasteiger partial charge in [-0.2, -0.15) is 5.26 Å². The highest BCUT2D eigenvalue weighted by Gasteiger charge is 2.18. The fraction of sp³-hybridized carbons (Fsp3) is 0.188. The number of amides is 1. The predicted octanol–water partition coefficient (Wildman–Crippen LogP) is 2.65. The van der Waals surface area contributed by atoms with Crippen molar-refractivity contribution in [3.05, 3.63) is 53.1 Å². The molecule has 0 spiro atoms. The van der Waals surface area contributed by atoms with Crippen molar-refractivity contribution in [2.45, 2.75) is 20.4 Å². The Labute approximate surface area is 142 Å². The van der Waals surface area contributed by atoms with E-state index in [4.69, 9.17) is 5.26 Å². The Kier molecular flexibility index (Phi) is 4.35. The lowest BCUT2D eigenvalue weighted by atomic mass is 10.2. The molecule has 0 aliphatic carbocycles. The molecule has 8 heteroatoms. The number of nitrogens with zero attached hydrogens (tertiary/aromatic N) is 6. The Bertz CT molecular complexity index is 923. The van der Waals surface area contributed by atoms with E-state index in [0.29, 0.717) is 11.7 Å². The molecule has 1 aromatic carbocycles. The van der Waals surface area contributed by atoms with Crippen LogP contribution in [0.4, 0.5) is 10.8 Å². The summed E-state index contributed by atoms with van der Waals surface area (Å²) in [5, 5.41) is 15.2. The van der Waals surface area contributed by atoms with Gasteiger partial charge in [0.05, 0.1) is 17.9 Å². The summed E-state index contributed by atoms with van der Waals surface area (Å²) in [4.78, 5) is 22.1. The molecule has 0 unspecified atom stereocenters. The zero-order valence-electron chi connectivity index (χ0n) is 13.2. The van der Waals surface area contributed by atoms with Crippen LogP contribution in [0.15, 0.2) is 36.0 Å². The number of hydrogen-bond acceptors (Lipinski definition) is 6. The third kappa shape index (κ3) is 3.31. The summed E-state index contributed by atoms with van der Waals surface area (Å²) in [5.41, 5.74) is 2.61. The predicted molar refractivity (Wildman–Crippen MR) is 90.0 cm³/mol. The van der Waals surface area contributed by atoms with Crippen LogP contribution in [0, 0.1) is 18.3 Å². The summed E-state index contributed by atoms with van der Waals surface area (Å²) >= 11 is 1.39. The van der Waals surface area contributed by atoms with Crippen LogP contribution in [0.3, 0.4) is 0 Å². The first-order valence-corrected chi connectivity index (χ1v) is 8.06. The zero-order chi connectivity index (χ0) is 17.1. The quantitative estimate of drug-likeness (QED) is 0.730.